The van der Waals surface area contributed by atoms with Crippen LogP contribution in [0.2, 0.25) is 0 Å². The molecule has 0 amide bonds. The Labute approximate surface area is 101 Å². The minimum Gasteiger partial charge on any atom is -0.493 e. The first-order valence-corrected chi connectivity index (χ1v) is 5.62. The van der Waals surface area contributed by atoms with Gasteiger partial charge in [0.15, 0.2) is 11.5 Å². The summed E-state index contributed by atoms with van der Waals surface area (Å²) < 4.78 is 10.7. The average molecular weight is 238 g/mol. The monoisotopic (exact) mass is 238 g/mol. The van der Waals surface area contributed by atoms with E-state index in [0.29, 0.717) is 24.5 Å². The number of unbranched alkanes of at least 4 members (excludes halogenated alkanes) is 1. The fourth-order valence-corrected chi connectivity index (χ4v) is 1.45. The lowest BCUT2D eigenvalue weighted by Gasteiger charge is -2.10. The number of carboxylic acids is 1. The van der Waals surface area contributed by atoms with Crippen LogP contribution in [0.5, 0.6) is 11.5 Å². The van der Waals surface area contributed by atoms with Gasteiger partial charge >= 0.3 is 5.97 Å². The third kappa shape index (κ3) is 4.76. The van der Waals surface area contributed by atoms with Gasteiger partial charge in [0.1, 0.15) is 0 Å². The Kier molecular flexibility index (Phi) is 5.33. The van der Waals surface area contributed by atoms with Crippen molar-refractivity contribution in [3.05, 3.63) is 23.8 Å². The van der Waals surface area contributed by atoms with Crippen LogP contribution >= 0.6 is 0 Å². The van der Waals surface area contributed by atoms with Crippen molar-refractivity contribution in [1.29, 1.82) is 0 Å². The summed E-state index contributed by atoms with van der Waals surface area (Å²) in [4.78, 5) is 10.3. The molecule has 0 heterocycles. The van der Waals surface area contributed by atoms with E-state index in [0.717, 1.165) is 12.0 Å². The second kappa shape index (κ2) is 6.78. The van der Waals surface area contributed by atoms with Crippen LogP contribution in [0.4, 0.5) is 0 Å². The molecule has 0 aliphatic carbocycles. The minimum absolute atomic E-state index is 0.189. The number of aryl methyl sites for hydroxylation is 1. The molecule has 17 heavy (non-hydrogen) atoms. The van der Waals surface area contributed by atoms with Crippen LogP contribution in [0.15, 0.2) is 18.2 Å². The van der Waals surface area contributed by atoms with Crippen LogP contribution in [0, 0.1) is 6.92 Å². The highest BCUT2D eigenvalue weighted by atomic mass is 16.5. The molecule has 0 radical (unpaired) electrons. The molecule has 1 aromatic rings. The summed E-state index contributed by atoms with van der Waals surface area (Å²) in [7, 11) is 1.60. The van der Waals surface area contributed by atoms with Gasteiger partial charge in [0.2, 0.25) is 0 Å². The molecule has 0 aliphatic heterocycles. The fraction of sp³-hybridized carbons (Fsp3) is 0.462. The van der Waals surface area contributed by atoms with Gasteiger partial charge in [-0.15, -0.1) is 0 Å². The van der Waals surface area contributed by atoms with Gasteiger partial charge in [-0.25, -0.2) is 0 Å². The summed E-state index contributed by atoms with van der Waals surface area (Å²) in [6.45, 7) is 2.49. The Morgan fingerprint density at radius 1 is 1.29 bits per heavy atom. The van der Waals surface area contributed by atoms with Gasteiger partial charge in [-0.1, -0.05) is 6.07 Å². The quantitative estimate of drug-likeness (QED) is 0.742. The second-order valence-corrected chi connectivity index (χ2v) is 3.85. The standard InChI is InChI=1S/C13H18O4/c1-10-6-7-11(12(9-10)16-2)17-8-4-3-5-13(14)15/h6-7,9H,3-5,8H2,1-2H3,(H,14,15). The summed E-state index contributed by atoms with van der Waals surface area (Å²) in [5.41, 5.74) is 1.11. The minimum atomic E-state index is -0.766. The molecule has 1 N–H and O–H groups in total. The van der Waals surface area contributed by atoms with Gasteiger partial charge in [-0.2, -0.15) is 0 Å². The van der Waals surface area contributed by atoms with Crippen molar-refractivity contribution in [2.24, 2.45) is 0 Å². The van der Waals surface area contributed by atoms with Crippen LogP contribution in [0.25, 0.3) is 0 Å². The third-order valence-corrected chi connectivity index (χ3v) is 2.36. The zero-order chi connectivity index (χ0) is 12.7. The Morgan fingerprint density at radius 3 is 2.71 bits per heavy atom. The van der Waals surface area contributed by atoms with Crippen molar-refractivity contribution in [3.8, 4) is 11.5 Å². The normalized spacial score (nSPS) is 10.0. The molecule has 0 saturated heterocycles. The number of rotatable bonds is 7. The summed E-state index contributed by atoms with van der Waals surface area (Å²) >= 11 is 0. The van der Waals surface area contributed by atoms with E-state index in [1.807, 2.05) is 25.1 Å². The molecule has 0 saturated carbocycles. The molecule has 0 aromatic heterocycles. The van der Waals surface area contributed by atoms with Crippen molar-refractivity contribution in [2.45, 2.75) is 26.2 Å². The van der Waals surface area contributed by atoms with E-state index in [1.165, 1.54) is 0 Å². The lowest BCUT2D eigenvalue weighted by molar-refractivity contribution is -0.137. The van der Waals surface area contributed by atoms with Crippen LogP contribution in [-0.2, 0) is 4.79 Å². The summed E-state index contributed by atoms with van der Waals surface area (Å²) in [6, 6.07) is 5.73. The molecule has 1 aromatic carbocycles. The molecule has 1 rings (SSSR count). The van der Waals surface area contributed by atoms with Gasteiger partial charge in [-0.3, -0.25) is 4.79 Å². The Morgan fingerprint density at radius 2 is 2.06 bits per heavy atom. The first-order chi connectivity index (χ1) is 8.13. The zero-order valence-electron chi connectivity index (χ0n) is 10.2. The number of methoxy groups -OCH3 is 1. The maximum absolute atomic E-state index is 10.3. The molecule has 4 heteroatoms. The number of hydrogen-bond donors (Lipinski definition) is 1. The molecule has 4 nitrogen and oxygen atoms in total. The fourth-order valence-electron chi connectivity index (χ4n) is 1.45. The van der Waals surface area contributed by atoms with E-state index >= 15 is 0 Å². The van der Waals surface area contributed by atoms with Gasteiger partial charge in [-0.05, 0) is 37.5 Å². The molecule has 94 valence electrons. The Hall–Kier alpha value is -1.71. The highest BCUT2D eigenvalue weighted by molar-refractivity contribution is 5.66. The smallest absolute Gasteiger partial charge is 0.303 e. The molecule has 0 atom stereocenters. The maximum Gasteiger partial charge on any atom is 0.303 e. The molecule has 0 unspecified atom stereocenters. The van der Waals surface area contributed by atoms with E-state index in [9.17, 15) is 4.79 Å². The van der Waals surface area contributed by atoms with Gasteiger partial charge < -0.3 is 14.6 Å². The van der Waals surface area contributed by atoms with E-state index in [2.05, 4.69) is 0 Å². The predicted octanol–water partition coefficient (Wildman–Crippen LogP) is 2.64. The maximum atomic E-state index is 10.3. The van der Waals surface area contributed by atoms with E-state index in [1.54, 1.807) is 7.11 Å². The highest BCUT2D eigenvalue weighted by Gasteiger charge is 2.04. The van der Waals surface area contributed by atoms with Crippen molar-refractivity contribution < 1.29 is 19.4 Å². The summed E-state index contributed by atoms with van der Waals surface area (Å²) in [5, 5.41) is 8.48. The first kappa shape index (κ1) is 13.4. The van der Waals surface area contributed by atoms with E-state index < -0.39 is 5.97 Å². The summed E-state index contributed by atoms with van der Waals surface area (Å²) in [6.07, 6.45) is 1.54. The highest BCUT2D eigenvalue weighted by Crippen LogP contribution is 2.27. The third-order valence-electron chi connectivity index (χ3n) is 2.36. The zero-order valence-corrected chi connectivity index (χ0v) is 10.2. The molecule has 0 fully saturated rings. The molecule has 0 spiro atoms. The number of aliphatic carboxylic acids is 1. The van der Waals surface area contributed by atoms with Crippen LogP contribution < -0.4 is 9.47 Å². The topological polar surface area (TPSA) is 55.8 Å². The lowest BCUT2D eigenvalue weighted by atomic mass is 10.2. The number of ether oxygens (including phenoxy) is 2. The Bertz CT molecular complexity index is 374. The van der Waals surface area contributed by atoms with Crippen molar-refractivity contribution in [3.63, 3.8) is 0 Å². The molecule has 0 bridgehead atoms. The van der Waals surface area contributed by atoms with Gasteiger partial charge in [0.05, 0.1) is 13.7 Å². The van der Waals surface area contributed by atoms with E-state index in [4.69, 9.17) is 14.6 Å². The lowest BCUT2D eigenvalue weighted by Crippen LogP contribution is -2.01. The van der Waals surface area contributed by atoms with Crippen molar-refractivity contribution in [1.82, 2.24) is 0 Å². The van der Waals surface area contributed by atoms with Crippen LogP contribution in [-0.4, -0.2) is 24.8 Å². The Balaban J connectivity index is 2.38. The van der Waals surface area contributed by atoms with Crippen LogP contribution in [0.1, 0.15) is 24.8 Å². The molecular formula is C13H18O4. The number of hydrogen-bond acceptors (Lipinski definition) is 3. The number of carbonyl (C=O) groups is 1. The first-order valence-electron chi connectivity index (χ1n) is 5.62. The molecule has 0 aliphatic rings. The van der Waals surface area contributed by atoms with Crippen molar-refractivity contribution >= 4 is 5.97 Å². The van der Waals surface area contributed by atoms with Crippen molar-refractivity contribution in [2.75, 3.05) is 13.7 Å². The number of carboxylic acid groups (broad SMARTS) is 1. The summed E-state index contributed by atoms with van der Waals surface area (Å²) in [5.74, 6) is 0.648. The largest absolute Gasteiger partial charge is 0.493 e. The van der Waals surface area contributed by atoms with Crippen LogP contribution in [0.3, 0.4) is 0 Å². The SMILES string of the molecule is COc1cc(C)ccc1OCCCCC(=O)O. The second-order valence-electron chi connectivity index (χ2n) is 3.85. The van der Waals surface area contributed by atoms with Gasteiger partial charge in [0.25, 0.3) is 0 Å². The molecular weight excluding hydrogens is 220 g/mol. The predicted molar refractivity (Wildman–Crippen MR) is 64.7 cm³/mol. The average Bonchev–Trinajstić information content (AvgIpc) is 2.29. The van der Waals surface area contributed by atoms with E-state index in [-0.39, 0.29) is 6.42 Å². The number of benzene rings is 1. The van der Waals surface area contributed by atoms with Gasteiger partial charge in [0, 0.05) is 6.42 Å².